The smallest absolute Gasteiger partial charge is 0.158 e. The van der Waals surface area contributed by atoms with Gasteiger partial charge in [-0.05, 0) is 13.8 Å². The quantitative estimate of drug-likeness (QED) is 0.427. The molecule has 0 saturated heterocycles. The van der Waals surface area contributed by atoms with Gasteiger partial charge in [0.2, 0.25) is 0 Å². The first-order valence-corrected chi connectivity index (χ1v) is 2.63. The summed E-state index contributed by atoms with van der Waals surface area (Å²) in [4.78, 5) is -0.825. The van der Waals surface area contributed by atoms with Gasteiger partial charge in [-0.25, -0.2) is 0 Å². The zero-order chi connectivity index (χ0) is 6.78. The predicted octanol–water partition coefficient (Wildman–Crippen LogP) is 0.888. The summed E-state index contributed by atoms with van der Waals surface area (Å²) in [7, 11) is 0. The first kappa shape index (κ1) is 7.74. The van der Waals surface area contributed by atoms with Crippen LogP contribution in [-0.2, 0) is 0 Å². The van der Waals surface area contributed by atoms with Crippen LogP contribution in [0.5, 0.6) is 0 Å². The summed E-state index contributed by atoms with van der Waals surface area (Å²) >= 11 is 5.51. The molecule has 0 rings (SSSR count). The number of rotatable bonds is 1. The molecule has 0 aliphatic rings. The first-order valence-electron chi connectivity index (χ1n) is 2.25. The molecule has 0 aromatic rings. The molecule has 1 N–H and O–H groups in total. The highest BCUT2D eigenvalue weighted by molar-refractivity contribution is 6.24. The molecule has 1 unspecified atom stereocenters. The minimum absolute atomic E-state index is 0.825. The molecule has 0 radical (unpaired) electrons. The zero-order valence-electron chi connectivity index (χ0n) is 4.85. The van der Waals surface area contributed by atoms with E-state index >= 15 is 0 Å². The summed E-state index contributed by atoms with van der Waals surface area (Å²) in [6.07, 6.45) is -1.08. The van der Waals surface area contributed by atoms with Crippen molar-refractivity contribution >= 4 is 11.6 Å². The molecule has 0 aromatic heterocycles. The largest absolute Gasteiger partial charge is 0.376 e. The van der Waals surface area contributed by atoms with Crippen molar-refractivity contribution in [2.45, 2.75) is 24.8 Å². The van der Waals surface area contributed by atoms with E-state index in [9.17, 15) is 0 Å². The fraction of sp³-hybridized carbons (Fsp3) is 0.800. The van der Waals surface area contributed by atoms with Crippen molar-refractivity contribution in [2.24, 2.45) is 0 Å². The Morgan fingerprint density at radius 3 is 2.12 bits per heavy atom. The molecule has 0 aromatic carbocycles. The molecule has 0 amide bonds. The SMILES string of the molecule is CC(C)(Cl)C(O)C#N. The minimum atomic E-state index is -1.08. The molecule has 0 spiro atoms. The normalized spacial score (nSPS) is 14.9. The first-order chi connectivity index (χ1) is 3.48. The van der Waals surface area contributed by atoms with Crippen molar-refractivity contribution in [1.82, 2.24) is 0 Å². The second kappa shape index (κ2) is 2.34. The maximum Gasteiger partial charge on any atom is 0.158 e. The third kappa shape index (κ3) is 2.15. The van der Waals surface area contributed by atoms with E-state index in [1.54, 1.807) is 19.9 Å². The van der Waals surface area contributed by atoms with Crippen LogP contribution in [0, 0.1) is 11.3 Å². The van der Waals surface area contributed by atoms with Gasteiger partial charge in [-0.1, -0.05) is 0 Å². The number of nitriles is 1. The number of nitrogens with zero attached hydrogens (tertiary/aromatic N) is 1. The Morgan fingerprint density at radius 1 is 1.75 bits per heavy atom. The number of alkyl halides is 1. The van der Waals surface area contributed by atoms with Gasteiger partial charge < -0.3 is 5.11 Å². The van der Waals surface area contributed by atoms with Crippen LogP contribution in [0.15, 0.2) is 0 Å². The molecule has 8 heavy (non-hydrogen) atoms. The molecule has 2 nitrogen and oxygen atoms in total. The summed E-state index contributed by atoms with van der Waals surface area (Å²) in [6, 6.07) is 1.63. The molecule has 0 saturated carbocycles. The molecule has 0 aliphatic carbocycles. The Morgan fingerprint density at radius 2 is 2.12 bits per heavy atom. The molecule has 3 heteroatoms. The molecule has 0 fully saturated rings. The van der Waals surface area contributed by atoms with E-state index in [0.717, 1.165) is 0 Å². The minimum Gasteiger partial charge on any atom is -0.376 e. The summed E-state index contributed by atoms with van der Waals surface area (Å²) in [5, 5.41) is 16.8. The van der Waals surface area contributed by atoms with Crippen molar-refractivity contribution in [3.8, 4) is 6.07 Å². The van der Waals surface area contributed by atoms with Crippen molar-refractivity contribution in [2.75, 3.05) is 0 Å². The van der Waals surface area contributed by atoms with Gasteiger partial charge in [0.1, 0.15) is 0 Å². The van der Waals surface area contributed by atoms with Gasteiger partial charge in [0.25, 0.3) is 0 Å². The van der Waals surface area contributed by atoms with Crippen LogP contribution in [0.3, 0.4) is 0 Å². The molecular formula is C5H8ClNO. The highest BCUT2D eigenvalue weighted by Gasteiger charge is 2.23. The van der Waals surface area contributed by atoms with E-state index in [2.05, 4.69) is 0 Å². The average molecular weight is 134 g/mol. The van der Waals surface area contributed by atoms with Gasteiger partial charge >= 0.3 is 0 Å². The van der Waals surface area contributed by atoms with E-state index in [1.807, 2.05) is 0 Å². The van der Waals surface area contributed by atoms with E-state index in [1.165, 1.54) is 0 Å². The lowest BCUT2D eigenvalue weighted by molar-refractivity contribution is 0.193. The molecule has 1 atom stereocenters. The second-order valence-corrected chi connectivity index (χ2v) is 3.07. The number of aliphatic hydroxyl groups is 1. The Bertz CT molecular complexity index is 111. The zero-order valence-corrected chi connectivity index (χ0v) is 5.61. The van der Waals surface area contributed by atoms with E-state index < -0.39 is 11.0 Å². The Balaban J connectivity index is 3.87. The maximum absolute atomic E-state index is 8.70. The molecule has 46 valence electrons. The van der Waals surface area contributed by atoms with Crippen LogP contribution in [0.1, 0.15) is 13.8 Å². The van der Waals surface area contributed by atoms with Crippen LogP contribution in [0.4, 0.5) is 0 Å². The van der Waals surface area contributed by atoms with Crippen molar-refractivity contribution in [1.29, 1.82) is 5.26 Å². The average Bonchev–Trinajstić information content (AvgIpc) is 1.62. The molecule has 0 bridgehead atoms. The number of aliphatic hydroxyl groups excluding tert-OH is 1. The van der Waals surface area contributed by atoms with Gasteiger partial charge in [-0.3, -0.25) is 0 Å². The van der Waals surface area contributed by atoms with Crippen LogP contribution in [0.25, 0.3) is 0 Å². The Labute approximate surface area is 53.7 Å². The Hall–Kier alpha value is -0.260. The number of hydrogen-bond acceptors (Lipinski definition) is 2. The third-order valence-electron chi connectivity index (χ3n) is 0.773. The highest BCUT2D eigenvalue weighted by Crippen LogP contribution is 2.16. The maximum atomic E-state index is 8.70. The van der Waals surface area contributed by atoms with E-state index in [0.29, 0.717) is 0 Å². The standard InChI is InChI=1S/C5H8ClNO/c1-5(2,6)4(8)3-7/h4,8H,1-2H3. The van der Waals surface area contributed by atoms with Gasteiger partial charge in [-0.15, -0.1) is 11.6 Å². The van der Waals surface area contributed by atoms with Gasteiger partial charge in [0, 0.05) is 0 Å². The lowest BCUT2D eigenvalue weighted by Gasteiger charge is -2.15. The van der Waals surface area contributed by atoms with Crippen LogP contribution in [-0.4, -0.2) is 16.1 Å². The van der Waals surface area contributed by atoms with Gasteiger partial charge in [0.05, 0.1) is 10.9 Å². The summed E-state index contributed by atoms with van der Waals surface area (Å²) in [5.41, 5.74) is 0. The summed E-state index contributed by atoms with van der Waals surface area (Å²) < 4.78 is 0. The van der Waals surface area contributed by atoms with E-state index in [-0.39, 0.29) is 0 Å². The van der Waals surface area contributed by atoms with Crippen LogP contribution >= 0.6 is 11.6 Å². The molecular weight excluding hydrogens is 126 g/mol. The van der Waals surface area contributed by atoms with E-state index in [4.69, 9.17) is 22.0 Å². The van der Waals surface area contributed by atoms with Crippen molar-refractivity contribution in [3.63, 3.8) is 0 Å². The predicted molar refractivity (Wildman–Crippen MR) is 31.6 cm³/mol. The lowest BCUT2D eigenvalue weighted by atomic mass is 10.1. The molecule has 0 aliphatic heterocycles. The van der Waals surface area contributed by atoms with Crippen LogP contribution < -0.4 is 0 Å². The second-order valence-electron chi connectivity index (χ2n) is 2.10. The van der Waals surface area contributed by atoms with Crippen molar-refractivity contribution < 1.29 is 5.11 Å². The number of hydrogen-bond donors (Lipinski definition) is 1. The van der Waals surface area contributed by atoms with Crippen molar-refractivity contribution in [3.05, 3.63) is 0 Å². The molecule has 0 heterocycles. The number of halogens is 1. The van der Waals surface area contributed by atoms with Gasteiger partial charge in [-0.2, -0.15) is 5.26 Å². The summed E-state index contributed by atoms with van der Waals surface area (Å²) in [6.45, 7) is 3.17. The lowest BCUT2D eigenvalue weighted by Crippen LogP contribution is -2.28. The third-order valence-corrected chi connectivity index (χ3v) is 0.979. The summed E-state index contributed by atoms with van der Waals surface area (Å²) in [5.74, 6) is 0. The van der Waals surface area contributed by atoms with Crippen LogP contribution in [0.2, 0.25) is 0 Å². The Kier molecular flexibility index (Phi) is 2.26. The van der Waals surface area contributed by atoms with Gasteiger partial charge in [0.15, 0.2) is 6.10 Å². The highest BCUT2D eigenvalue weighted by atomic mass is 35.5. The topological polar surface area (TPSA) is 44.0 Å². The fourth-order valence-electron chi connectivity index (χ4n) is 0.153. The fourth-order valence-corrected chi connectivity index (χ4v) is 0.202. The monoisotopic (exact) mass is 133 g/mol.